The maximum Gasteiger partial charge on any atom is 0.224 e. The zero-order chi connectivity index (χ0) is 16.2. The van der Waals surface area contributed by atoms with Crippen molar-refractivity contribution in [3.05, 3.63) is 52.2 Å². The first-order valence-electron chi connectivity index (χ1n) is 7.16. The van der Waals surface area contributed by atoms with Crippen LogP contribution in [0.3, 0.4) is 0 Å². The van der Waals surface area contributed by atoms with E-state index in [-0.39, 0.29) is 11.9 Å². The van der Waals surface area contributed by atoms with Crippen LogP contribution in [0.2, 0.25) is 0 Å². The zero-order valence-corrected chi connectivity index (χ0v) is 13.6. The lowest BCUT2D eigenvalue weighted by atomic mass is 10.1. The average molecular weight is 328 g/mol. The number of nitrogens with zero attached hydrogens (tertiary/aromatic N) is 5. The first-order valence-corrected chi connectivity index (χ1v) is 7.97. The van der Waals surface area contributed by atoms with Crippen LogP contribution in [0.5, 0.6) is 0 Å². The summed E-state index contributed by atoms with van der Waals surface area (Å²) in [4.78, 5) is 17.6. The third kappa shape index (κ3) is 3.78. The highest BCUT2D eigenvalue weighted by molar-refractivity contribution is 7.11. The van der Waals surface area contributed by atoms with Gasteiger partial charge in [0.25, 0.3) is 0 Å². The van der Waals surface area contributed by atoms with Gasteiger partial charge in [0.15, 0.2) is 0 Å². The molecule has 2 heterocycles. The number of benzene rings is 1. The van der Waals surface area contributed by atoms with Gasteiger partial charge < -0.3 is 5.32 Å². The Bertz CT molecular complexity index is 781. The molecule has 0 aliphatic carbocycles. The van der Waals surface area contributed by atoms with E-state index < -0.39 is 0 Å². The molecule has 0 saturated carbocycles. The second-order valence-corrected chi connectivity index (χ2v) is 6.46. The standard InChI is InChI=1S/C15H16N6OS/c1-10-8-16-15(23-10)11(2)18-14(22)7-12-3-5-13(6-4-12)21-9-17-19-20-21/h3-6,8-9,11H,7H2,1-2H3,(H,18,22). The molecule has 0 bridgehead atoms. The van der Waals surface area contributed by atoms with Crippen molar-refractivity contribution in [1.29, 1.82) is 0 Å². The minimum absolute atomic E-state index is 0.0273. The van der Waals surface area contributed by atoms with Crippen LogP contribution in [0.1, 0.15) is 28.4 Å². The first kappa shape index (κ1) is 15.3. The summed E-state index contributed by atoms with van der Waals surface area (Å²) < 4.78 is 1.57. The van der Waals surface area contributed by atoms with Gasteiger partial charge in [-0.1, -0.05) is 12.1 Å². The molecule has 1 amide bonds. The number of carbonyl (C=O) groups is 1. The minimum atomic E-state index is -0.0818. The smallest absolute Gasteiger partial charge is 0.224 e. The Morgan fingerprint density at radius 3 is 2.74 bits per heavy atom. The summed E-state index contributed by atoms with van der Waals surface area (Å²) in [6.07, 6.45) is 3.67. The average Bonchev–Trinajstić information content (AvgIpc) is 3.19. The SMILES string of the molecule is Cc1cnc(C(C)NC(=O)Cc2ccc(-n3cnnn3)cc2)s1. The number of thiazole rings is 1. The molecule has 0 spiro atoms. The van der Waals surface area contributed by atoms with Gasteiger partial charge in [0.1, 0.15) is 11.3 Å². The highest BCUT2D eigenvalue weighted by Crippen LogP contribution is 2.19. The Hall–Kier alpha value is -2.61. The molecular weight excluding hydrogens is 312 g/mol. The maximum absolute atomic E-state index is 12.1. The second-order valence-electron chi connectivity index (χ2n) is 5.20. The lowest BCUT2D eigenvalue weighted by Gasteiger charge is -2.11. The molecule has 0 saturated heterocycles. The summed E-state index contributed by atoms with van der Waals surface area (Å²) in [7, 11) is 0. The molecule has 2 aromatic heterocycles. The predicted molar refractivity (Wildman–Crippen MR) is 86.3 cm³/mol. The van der Waals surface area contributed by atoms with Crippen LogP contribution in [-0.4, -0.2) is 31.1 Å². The lowest BCUT2D eigenvalue weighted by Crippen LogP contribution is -2.28. The molecule has 118 valence electrons. The van der Waals surface area contributed by atoms with E-state index in [1.54, 1.807) is 16.0 Å². The molecule has 7 nitrogen and oxygen atoms in total. The summed E-state index contributed by atoms with van der Waals surface area (Å²) in [5, 5.41) is 14.9. The Labute approximate surface area is 137 Å². The number of aryl methyl sites for hydroxylation is 1. The van der Waals surface area contributed by atoms with Crippen molar-refractivity contribution in [2.45, 2.75) is 26.3 Å². The van der Waals surface area contributed by atoms with E-state index in [1.807, 2.05) is 44.3 Å². The number of tetrazole rings is 1. The van der Waals surface area contributed by atoms with Crippen LogP contribution >= 0.6 is 11.3 Å². The van der Waals surface area contributed by atoms with Crippen molar-refractivity contribution >= 4 is 17.2 Å². The molecule has 0 aliphatic heterocycles. The maximum atomic E-state index is 12.1. The Balaban J connectivity index is 1.59. The molecule has 1 unspecified atom stereocenters. The van der Waals surface area contributed by atoms with E-state index in [4.69, 9.17) is 0 Å². The topological polar surface area (TPSA) is 85.6 Å². The quantitative estimate of drug-likeness (QED) is 0.772. The van der Waals surface area contributed by atoms with Crippen LogP contribution in [0, 0.1) is 6.92 Å². The fourth-order valence-corrected chi connectivity index (χ4v) is 2.93. The van der Waals surface area contributed by atoms with Crippen molar-refractivity contribution < 1.29 is 4.79 Å². The fourth-order valence-electron chi connectivity index (χ4n) is 2.16. The van der Waals surface area contributed by atoms with E-state index >= 15 is 0 Å². The third-order valence-corrected chi connectivity index (χ3v) is 4.40. The van der Waals surface area contributed by atoms with E-state index in [1.165, 1.54) is 6.33 Å². The Morgan fingerprint density at radius 2 is 2.13 bits per heavy atom. The summed E-state index contributed by atoms with van der Waals surface area (Å²) in [5.41, 5.74) is 1.78. The van der Waals surface area contributed by atoms with E-state index in [0.717, 1.165) is 21.1 Å². The van der Waals surface area contributed by atoms with Crippen molar-refractivity contribution in [2.24, 2.45) is 0 Å². The summed E-state index contributed by atoms with van der Waals surface area (Å²) in [6, 6.07) is 7.48. The molecule has 0 radical (unpaired) electrons. The summed E-state index contributed by atoms with van der Waals surface area (Å²) in [6.45, 7) is 3.94. The molecule has 3 aromatic rings. The molecular formula is C15H16N6OS. The van der Waals surface area contributed by atoms with Crippen LogP contribution in [0.15, 0.2) is 36.8 Å². The van der Waals surface area contributed by atoms with Crippen molar-refractivity contribution in [3.8, 4) is 5.69 Å². The van der Waals surface area contributed by atoms with Crippen LogP contribution in [0.25, 0.3) is 5.69 Å². The monoisotopic (exact) mass is 328 g/mol. The van der Waals surface area contributed by atoms with Gasteiger partial charge in [-0.15, -0.1) is 16.4 Å². The van der Waals surface area contributed by atoms with Gasteiger partial charge in [0.05, 0.1) is 18.2 Å². The van der Waals surface area contributed by atoms with Gasteiger partial charge in [0.2, 0.25) is 5.91 Å². The molecule has 23 heavy (non-hydrogen) atoms. The van der Waals surface area contributed by atoms with Gasteiger partial charge >= 0.3 is 0 Å². The van der Waals surface area contributed by atoms with Crippen LogP contribution < -0.4 is 5.32 Å². The van der Waals surface area contributed by atoms with Crippen LogP contribution in [0.4, 0.5) is 0 Å². The van der Waals surface area contributed by atoms with E-state index in [0.29, 0.717) is 6.42 Å². The molecule has 1 aromatic carbocycles. The summed E-state index contributed by atoms with van der Waals surface area (Å²) in [5.74, 6) is -0.0273. The summed E-state index contributed by atoms with van der Waals surface area (Å²) >= 11 is 1.60. The number of aromatic nitrogens is 5. The molecule has 1 N–H and O–H groups in total. The van der Waals surface area contributed by atoms with E-state index in [2.05, 4.69) is 25.8 Å². The molecule has 3 rings (SSSR count). The van der Waals surface area contributed by atoms with Gasteiger partial charge in [-0.2, -0.15) is 0 Å². The fraction of sp³-hybridized carbons (Fsp3) is 0.267. The van der Waals surface area contributed by atoms with E-state index in [9.17, 15) is 4.79 Å². The second kappa shape index (κ2) is 6.66. The van der Waals surface area contributed by atoms with Crippen LogP contribution in [-0.2, 0) is 11.2 Å². The normalized spacial score (nSPS) is 12.1. The number of rotatable bonds is 5. The highest BCUT2D eigenvalue weighted by Gasteiger charge is 2.13. The number of hydrogen-bond donors (Lipinski definition) is 1. The number of nitrogens with one attached hydrogen (secondary N) is 1. The van der Waals surface area contributed by atoms with Crippen molar-refractivity contribution in [3.63, 3.8) is 0 Å². The third-order valence-electron chi connectivity index (χ3n) is 3.30. The van der Waals surface area contributed by atoms with Crippen molar-refractivity contribution in [1.82, 2.24) is 30.5 Å². The molecule has 1 atom stereocenters. The molecule has 0 fully saturated rings. The zero-order valence-electron chi connectivity index (χ0n) is 12.8. The number of amides is 1. The Morgan fingerprint density at radius 1 is 1.35 bits per heavy atom. The first-order chi connectivity index (χ1) is 11.1. The number of carbonyl (C=O) groups excluding carboxylic acids is 1. The van der Waals surface area contributed by atoms with Gasteiger partial charge in [-0.05, 0) is 42.0 Å². The van der Waals surface area contributed by atoms with Gasteiger partial charge in [-0.3, -0.25) is 4.79 Å². The highest BCUT2D eigenvalue weighted by atomic mass is 32.1. The molecule has 8 heteroatoms. The molecule has 0 aliphatic rings. The van der Waals surface area contributed by atoms with Gasteiger partial charge in [0, 0.05) is 11.1 Å². The Kier molecular flexibility index (Phi) is 4.42. The number of hydrogen-bond acceptors (Lipinski definition) is 6. The predicted octanol–water partition coefficient (Wildman–Crippen LogP) is 1.85. The van der Waals surface area contributed by atoms with Gasteiger partial charge in [-0.25, -0.2) is 9.67 Å². The lowest BCUT2D eigenvalue weighted by molar-refractivity contribution is -0.121. The minimum Gasteiger partial charge on any atom is -0.347 e. The van der Waals surface area contributed by atoms with Crippen molar-refractivity contribution in [2.75, 3.05) is 0 Å². The largest absolute Gasteiger partial charge is 0.347 e.